The van der Waals surface area contributed by atoms with E-state index in [1.54, 1.807) is 12.1 Å². The number of hydrogen-bond acceptors (Lipinski definition) is 5. The summed E-state index contributed by atoms with van der Waals surface area (Å²) in [5.74, 6) is 0.568. The minimum absolute atomic E-state index is 0.0944. The number of nitro groups is 1. The molecule has 0 spiro atoms. The SMILES string of the molecule is O=[N+]([O-])c1ccc(COc2ccc(Cl)nc2)o1. The van der Waals surface area contributed by atoms with Crippen LogP contribution in [0.5, 0.6) is 5.75 Å². The van der Waals surface area contributed by atoms with Crippen LogP contribution in [0.2, 0.25) is 5.15 Å². The van der Waals surface area contributed by atoms with E-state index in [1.165, 1.54) is 18.3 Å². The molecule has 0 aliphatic rings. The Hall–Kier alpha value is -2.08. The van der Waals surface area contributed by atoms with E-state index in [0.717, 1.165) is 0 Å². The van der Waals surface area contributed by atoms with E-state index >= 15 is 0 Å². The van der Waals surface area contributed by atoms with Crippen molar-refractivity contribution >= 4 is 17.5 Å². The van der Waals surface area contributed by atoms with Crippen LogP contribution < -0.4 is 4.74 Å². The van der Waals surface area contributed by atoms with E-state index in [9.17, 15) is 10.1 Å². The van der Waals surface area contributed by atoms with Gasteiger partial charge in [0, 0.05) is 0 Å². The number of furan rings is 1. The molecule has 0 fully saturated rings. The monoisotopic (exact) mass is 254 g/mol. The molecule has 0 atom stereocenters. The maximum absolute atomic E-state index is 10.4. The van der Waals surface area contributed by atoms with Crippen LogP contribution in [0.25, 0.3) is 0 Å². The van der Waals surface area contributed by atoms with Gasteiger partial charge in [-0.25, -0.2) is 4.98 Å². The predicted octanol–water partition coefficient (Wildman–Crippen LogP) is 2.82. The minimum atomic E-state index is -0.604. The van der Waals surface area contributed by atoms with Crippen molar-refractivity contribution in [2.45, 2.75) is 6.61 Å². The quantitative estimate of drug-likeness (QED) is 0.476. The van der Waals surface area contributed by atoms with Gasteiger partial charge in [0.1, 0.15) is 28.2 Å². The van der Waals surface area contributed by atoms with Gasteiger partial charge in [0.05, 0.1) is 12.3 Å². The molecule has 2 aromatic heterocycles. The molecule has 0 amide bonds. The van der Waals surface area contributed by atoms with Gasteiger partial charge >= 0.3 is 5.88 Å². The average molecular weight is 255 g/mol. The summed E-state index contributed by atoms with van der Waals surface area (Å²) in [6.45, 7) is 0.0944. The second kappa shape index (κ2) is 4.84. The van der Waals surface area contributed by atoms with Crippen LogP contribution in [0.15, 0.2) is 34.9 Å². The first-order valence-corrected chi connectivity index (χ1v) is 5.00. The number of pyridine rings is 1. The summed E-state index contributed by atoms with van der Waals surface area (Å²) in [6.07, 6.45) is 1.46. The van der Waals surface area contributed by atoms with E-state index in [0.29, 0.717) is 16.7 Å². The lowest BCUT2D eigenvalue weighted by Crippen LogP contribution is -1.94. The Kier molecular flexibility index (Phi) is 3.24. The maximum atomic E-state index is 10.4. The zero-order valence-electron chi connectivity index (χ0n) is 8.50. The smallest absolute Gasteiger partial charge is 0.433 e. The van der Waals surface area contributed by atoms with Crippen molar-refractivity contribution in [3.05, 3.63) is 51.5 Å². The lowest BCUT2D eigenvalue weighted by molar-refractivity contribution is -0.402. The third-order valence-electron chi connectivity index (χ3n) is 1.91. The normalized spacial score (nSPS) is 10.2. The van der Waals surface area contributed by atoms with Crippen molar-refractivity contribution in [3.8, 4) is 5.75 Å². The zero-order valence-corrected chi connectivity index (χ0v) is 9.26. The third-order valence-corrected chi connectivity index (χ3v) is 2.13. The lowest BCUT2D eigenvalue weighted by atomic mass is 10.4. The van der Waals surface area contributed by atoms with Crippen molar-refractivity contribution in [2.24, 2.45) is 0 Å². The highest BCUT2D eigenvalue weighted by Crippen LogP contribution is 2.18. The first-order chi connectivity index (χ1) is 8.15. The molecule has 2 rings (SSSR count). The molecule has 0 unspecified atom stereocenters. The summed E-state index contributed by atoms with van der Waals surface area (Å²) >= 11 is 5.61. The molecule has 17 heavy (non-hydrogen) atoms. The number of hydrogen-bond donors (Lipinski definition) is 0. The molecule has 0 saturated carbocycles. The molecule has 0 saturated heterocycles. The zero-order chi connectivity index (χ0) is 12.3. The molecule has 0 aliphatic heterocycles. The molecule has 7 heteroatoms. The number of nitrogens with zero attached hydrogens (tertiary/aromatic N) is 2. The highest BCUT2D eigenvalue weighted by Gasteiger charge is 2.11. The molecular weight excluding hydrogens is 248 g/mol. The van der Waals surface area contributed by atoms with Gasteiger partial charge < -0.3 is 9.15 Å². The third kappa shape index (κ3) is 2.94. The topological polar surface area (TPSA) is 78.4 Å². The van der Waals surface area contributed by atoms with E-state index in [1.807, 2.05) is 0 Å². The van der Waals surface area contributed by atoms with Crippen LogP contribution in [0.1, 0.15) is 5.76 Å². The molecule has 0 radical (unpaired) electrons. The van der Waals surface area contributed by atoms with Gasteiger partial charge in [-0.05, 0) is 18.2 Å². The predicted molar refractivity (Wildman–Crippen MR) is 58.9 cm³/mol. The van der Waals surface area contributed by atoms with Crippen molar-refractivity contribution < 1.29 is 14.1 Å². The fraction of sp³-hybridized carbons (Fsp3) is 0.100. The largest absolute Gasteiger partial charge is 0.484 e. The van der Waals surface area contributed by atoms with Crippen molar-refractivity contribution in [3.63, 3.8) is 0 Å². The number of ether oxygens (including phenoxy) is 1. The molecular formula is C10H7ClN2O4. The summed E-state index contributed by atoms with van der Waals surface area (Å²) in [5.41, 5.74) is 0. The molecule has 0 bridgehead atoms. The first-order valence-electron chi connectivity index (χ1n) is 4.62. The summed E-state index contributed by atoms with van der Waals surface area (Å²) in [7, 11) is 0. The minimum Gasteiger partial charge on any atom is -0.484 e. The Bertz CT molecular complexity index is 523. The summed E-state index contributed by atoms with van der Waals surface area (Å²) in [5, 5.41) is 10.7. The van der Waals surface area contributed by atoms with Gasteiger partial charge in [-0.2, -0.15) is 0 Å². The van der Waals surface area contributed by atoms with Gasteiger partial charge in [0.15, 0.2) is 0 Å². The average Bonchev–Trinajstić information content (AvgIpc) is 2.77. The number of aromatic nitrogens is 1. The first kappa shape index (κ1) is 11.4. The Morgan fingerprint density at radius 3 is 2.82 bits per heavy atom. The summed E-state index contributed by atoms with van der Waals surface area (Å²) < 4.78 is 10.2. The standard InChI is InChI=1S/C10H7ClN2O4/c11-9-3-1-7(5-12-9)16-6-8-2-4-10(17-8)13(14)15/h1-5H,6H2. The maximum Gasteiger partial charge on any atom is 0.433 e. The Labute approximate surface area is 101 Å². The second-order valence-electron chi connectivity index (χ2n) is 3.10. The van der Waals surface area contributed by atoms with Crippen LogP contribution in [0.3, 0.4) is 0 Å². The Morgan fingerprint density at radius 2 is 2.24 bits per heavy atom. The highest BCUT2D eigenvalue weighted by molar-refractivity contribution is 6.29. The van der Waals surface area contributed by atoms with E-state index < -0.39 is 4.92 Å². The van der Waals surface area contributed by atoms with E-state index in [-0.39, 0.29) is 12.5 Å². The summed E-state index contributed by atoms with van der Waals surface area (Å²) in [4.78, 5) is 13.6. The fourth-order valence-corrected chi connectivity index (χ4v) is 1.26. The number of rotatable bonds is 4. The van der Waals surface area contributed by atoms with E-state index in [2.05, 4.69) is 4.98 Å². The van der Waals surface area contributed by atoms with Gasteiger partial charge in [-0.1, -0.05) is 11.6 Å². The molecule has 6 nitrogen and oxygen atoms in total. The Morgan fingerprint density at radius 1 is 1.41 bits per heavy atom. The van der Waals surface area contributed by atoms with Crippen LogP contribution in [-0.4, -0.2) is 9.91 Å². The molecule has 0 aliphatic carbocycles. The van der Waals surface area contributed by atoms with E-state index in [4.69, 9.17) is 20.8 Å². The molecule has 2 aromatic rings. The van der Waals surface area contributed by atoms with Crippen LogP contribution in [0, 0.1) is 10.1 Å². The molecule has 0 aromatic carbocycles. The van der Waals surface area contributed by atoms with Gasteiger partial charge in [0.25, 0.3) is 0 Å². The summed E-state index contributed by atoms with van der Waals surface area (Å²) in [6, 6.07) is 5.99. The second-order valence-corrected chi connectivity index (χ2v) is 3.49. The van der Waals surface area contributed by atoms with Crippen LogP contribution in [-0.2, 0) is 6.61 Å². The van der Waals surface area contributed by atoms with Gasteiger partial charge in [-0.3, -0.25) is 10.1 Å². The van der Waals surface area contributed by atoms with Crippen molar-refractivity contribution in [1.82, 2.24) is 4.98 Å². The highest BCUT2D eigenvalue weighted by atomic mass is 35.5. The van der Waals surface area contributed by atoms with Crippen molar-refractivity contribution in [2.75, 3.05) is 0 Å². The Balaban J connectivity index is 1.97. The van der Waals surface area contributed by atoms with Gasteiger partial charge in [-0.15, -0.1) is 0 Å². The fourth-order valence-electron chi connectivity index (χ4n) is 1.14. The van der Waals surface area contributed by atoms with Crippen LogP contribution >= 0.6 is 11.6 Å². The lowest BCUT2D eigenvalue weighted by Gasteiger charge is -2.02. The molecule has 88 valence electrons. The van der Waals surface area contributed by atoms with Crippen LogP contribution in [0.4, 0.5) is 5.88 Å². The molecule has 0 N–H and O–H groups in total. The number of halogens is 1. The molecule has 2 heterocycles. The van der Waals surface area contributed by atoms with Crippen molar-refractivity contribution in [1.29, 1.82) is 0 Å². The van der Waals surface area contributed by atoms with Gasteiger partial charge in [0.2, 0.25) is 0 Å².